The lowest BCUT2D eigenvalue weighted by Crippen LogP contribution is -2.43. The van der Waals surface area contributed by atoms with Gasteiger partial charge in [0.05, 0.1) is 6.61 Å². The van der Waals surface area contributed by atoms with Crippen LogP contribution in [0.3, 0.4) is 0 Å². The van der Waals surface area contributed by atoms with Gasteiger partial charge in [-0.25, -0.2) is 0 Å². The quantitative estimate of drug-likeness (QED) is 0.365. The van der Waals surface area contributed by atoms with Gasteiger partial charge in [-0.2, -0.15) is 0 Å². The molecule has 158 valence electrons. The minimum Gasteiger partial charge on any atom is -0.491 e. The van der Waals surface area contributed by atoms with Crippen molar-refractivity contribution in [1.29, 1.82) is 0 Å². The van der Waals surface area contributed by atoms with Gasteiger partial charge in [0.25, 0.3) is 0 Å². The third kappa shape index (κ3) is 8.07. The van der Waals surface area contributed by atoms with Crippen molar-refractivity contribution in [3.8, 4) is 5.75 Å². The molecule has 0 aliphatic carbocycles. The predicted octanol–water partition coefficient (Wildman–Crippen LogP) is 2.81. The molecular weight excluding hydrogens is 352 g/mol. The fraction of sp³-hybridized carbons (Fsp3) is 0.682. The average molecular weight is 391 g/mol. The van der Waals surface area contributed by atoms with Gasteiger partial charge in [0.2, 0.25) is 0 Å². The van der Waals surface area contributed by atoms with E-state index >= 15 is 0 Å². The van der Waals surface area contributed by atoms with Gasteiger partial charge in [-0.05, 0) is 57.3 Å². The number of aryl methyl sites for hydroxylation is 1. The van der Waals surface area contributed by atoms with Crippen molar-refractivity contribution in [1.82, 2.24) is 15.5 Å². The number of ether oxygens (including phenoxy) is 2. The maximum atomic E-state index is 5.92. The monoisotopic (exact) mass is 390 g/mol. The highest BCUT2D eigenvalue weighted by Gasteiger charge is 2.15. The molecule has 2 rings (SSSR count). The number of likely N-dealkylation sites (tertiary alicyclic amines) is 1. The van der Waals surface area contributed by atoms with Gasteiger partial charge in [-0.3, -0.25) is 4.99 Å². The van der Waals surface area contributed by atoms with Crippen LogP contribution in [-0.2, 0) is 11.3 Å². The zero-order chi connectivity index (χ0) is 20.2. The van der Waals surface area contributed by atoms with E-state index in [2.05, 4.69) is 52.6 Å². The van der Waals surface area contributed by atoms with E-state index in [1.54, 1.807) is 0 Å². The molecule has 0 atom stereocenters. The molecule has 0 spiro atoms. The summed E-state index contributed by atoms with van der Waals surface area (Å²) in [7, 11) is 1.81. The van der Waals surface area contributed by atoms with E-state index in [0.717, 1.165) is 36.3 Å². The first-order valence-corrected chi connectivity index (χ1v) is 10.6. The topological polar surface area (TPSA) is 58.1 Å². The fourth-order valence-corrected chi connectivity index (χ4v) is 3.31. The van der Waals surface area contributed by atoms with Crippen LogP contribution in [0.15, 0.2) is 23.2 Å². The van der Waals surface area contributed by atoms with E-state index in [1.807, 2.05) is 14.0 Å². The smallest absolute Gasteiger partial charge is 0.191 e. The van der Waals surface area contributed by atoms with Crippen molar-refractivity contribution in [3.05, 3.63) is 29.3 Å². The number of piperidine rings is 1. The van der Waals surface area contributed by atoms with Crippen molar-refractivity contribution in [2.75, 3.05) is 53.0 Å². The van der Waals surface area contributed by atoms with Crippen LogP contribution in [0.2, 0.25) is 0 Å². The summed E-state index contributed by atoms with van der Waals surface area (Å²) in [5, 5.41) is 6.83. The molecule has 0 bridgehead atoms. The molecule has 1 aliphatic heterocycles. The molecular formula is C22H38N4O2. The van der Waals surface area contributed by atoms with Crippen LogP contribution in [-0.4, -0.2) is 63.9 Å². The number of nitrogens with one attached hydrogen (secondary N) is 2. The molecule has 1 saturated heterocycles. The number of benzene rings is 1. The maximum Gasteiger partial charge on any atom is 0.191 e. The molecule has 0 aromatic heterocycles. The van der Waals surface area contributed by atoms with Crippen LogP contribution >= 0.6 is 0 Å². The lowest BCUT2D eigenvalue weighted by Gasteiger charge is -2.30. The molecule has 1 aliphatic rings. The molecule has 1 fully saturated rings. The Morgan fingerprint density at radius 1 is 1.21 bits per heavy atom. The van der Waals surface area contributed by atoms with Gasteiger partial charge >= 0.3 is 0 Å². The Bertz CT molecular complexity index is 598. The SMILES string of the molecule is CCOCCOc1cc(C)ccc1CNC(=NC)NCCN1CCC(C)CC1. The predicted molar refractivity (Wildman–Crippen MR) is 116 cm³/mol. The van der Waals surface area contributed by atoms with Crippen molar-refractivity contribution >= 4 is 5.96 Å². The third-order valence-electron chi connectivity index (χ3n) is 5.18. The zero-order valence-corrected chi connectivity index (χ0v) is 18.1. The van der Waals surface area contributed by atoms with Crippen LogP contribution in [0.4, 0.5) is 0 Å². The summed E-state index contributed by atoms with van der Waals surface area (Å²) in [6.07, 6.45) is 2.62. The second kappa shape index (κ2) is 12.6. The van der Waals surface area contributed by atoms with Gasteiger partial charge in [0, 0.05) is 38.9 Å². The largest absolute Gasteiger partial charge is 0.491 e. The Morgan fingerprint density at radius 3 is 2.71 bits per heavy atom. The Hall–Kier alpha value is -1.79. The highest BCUT2D eigenvalue weighted by molar-refractivity contribution is 5.79. The van der Waals surface area contributed by atoms with Crippen molar-refractivity contribution < 1.29 is 9.47 Å². The standard InChI is InChI=1S/C22H38N4O2/c1-5-27-14-15-28-21-16-19(3)6-7-20(21)17-25-22(23-4)24-10-13-26-11-8-18(2)9-12-26/h6-7,16,18H,5,8-15,17H2,1-4H3,(H2,23,24,25). The lowest BCUT2D eigenvalue weighted by molar-refractivity contribution is 0.110. The summed E-state index contributed by atoms with van der Waals surface area (Å²) in [6, 6.07) is 6.30. The van der Waals surface area contributed by atoms with Crippen molar-refractivity contribution in [3.63, 3.8) is 0 Å². The fourth-order valence-electron chi connectivity index (χ4n) is 3.31. The third-order valence-corrected chi connectivity index (χ3v) is 5.18. The molecule has 0 amide bonds. The number of hydrogen-bond acceptors (Lipinski definition) is 4. The van der Waals surface area contributed by atoms with Crippen LogP contribution in [0.5, 0.6) is 5.75 Å². The number of aliphatic imine (C=N–C) groups is 1. The van der Waals surface area contributed by atoms with E-state index in [9.17, 15) is 0 Å². The lowest BCUT2D eigenvalue weighted by atomic mass is 9.99. The minimum atomic E-state index is 0.561. The first kappa shape index (κ1) is 22.5. The van der Waals surface area contributed by atoms with Gasteiger partial charge < -0.3 is 25.0 Å². The number of guanidine groups is 1. The highest BCUT2D eigenvalue weighted by Crippen LogP contribution is 2.20. The van der Waals surface area contributed by atoms with E-state index in [4.69, 9.17) is 9.47 Å². The number of rotatable bonds is 10. The second-order valence-electron chi connectivity index (χ2n) is 7.53. The summed E-state index contributed by atoms with van der Waals surface area (Å²) >= 11 is 0. The molecule has 0 saturated carbocycles. The molecule has 28 heavy (non-hydrogen) atoms. The Labute approximate surface area is 170 Å². The van der Waals surface area contributed by atoms with E-state index in [-0.39, 0.29) is 0 Å². The summed E-state index contributed by atoms with van der Waals surface area (Å²) in [5.74, 6) is 2.61. The van der Waals surface area contributed by atoms with Gasteiger partial charge in [0.15, 0.2) is 5.96 Å². The molecule has 0 radical (unpaired) electrons. The van der Waals surface area contributed by atoms with Crippen LogP contribution in [0.25, 0.3) is 0 Å². The molecule has 6 heteroatoms. The first-order valence-electron chi connectivity index (χ1n) is 10.6. The second-order valence-corrected chi connectivity index (χ2v) is 7.53. The summed E-state index contributed by atoms with van der Waals surface area (Å²) in [5.41, 5.74) is 2.31. The van der Waals surface area contributed by atoms with Crippen molar-refractivity contribution in [2.45, 2.75) is 40.2 Å². The first-order chi connectivity index (χ1) is 13.6. The highest BCUT2D eigenvalue weighted by atomic mass is 16.5. The molecule has 1 heterocycles. The Balaban J connectivity index is 1.77. The Morgan fingerprint density at radius 2 is 2.00 bits per heavy atom. The van der Waals surface area contributed by atoms with Gasteiger partial charge in [-0.15, -0.1) is 0 Å². The summed E-state index contributed by atoms with van der Waals surface area (Å²) in [6.45, 7) is 13.4. The molecule has 0 unspecified atom stereocenters. The summed E-state index contributed by atoms with van der Waals surface area (Å²) in [4.78, 5) is 6.88. The van der Waals surface area contributed by atoms with Gasteiger partial charge in [0.1, 0.15) is 12.4 Å². The van der Waals surface area contributed by atoms with Crippen LogP contribution in [0, 0.1) is 12.8 Å². The number of hydrogen-bond donors (Lipinski definition) is 2. The van der Waals surface area contributed by atoms with Crippen molar-refractivity contribution in [2.24, 2.45) is 10.9 Å². The van der Waals surface area contributed by atoms with Crippen LogP contribution < -0.4 is 15.4 Å². The normalized spacial score (nSPS) is 16.2. The molecule has 2 N–H and O–H groups in total. The zero-order valence-electron chi connectivity index (χ0n) is 18.1. The maximum absolute atomic E-state index is 5.92. The summed E-state index contributed by atoms with van der Waals surface area (Å²) < 4.78 is 11.3. The molecule has 6 nitrogen and oxygen atoms in total. The van der Waals surface area contributed by atoms with Gasteiger partial charge in [-0.1, -0.05) is 19.1 Å². The minimum absolute atomic E-state index is 0.561. The van der Waals surface area contributed by atoms with Crippen LogP contribution in [0.1, 0.15) is 37.8 Å². The Kier molecular flexibility index (Phi) is 10.1. The average Bonchev–Trinajstić information content (AvgIpc) is 2.70. The van der Waals surface area contributed by atoms with E-state index in [1.165, 1.54) is 31.5 Å². The van der Waals surface area contributed by atoms with E-state index < -0.39 is 0 Å². The molecule has 1 aromatic carbocycles. The van der Waals surface area contributed by atoms with E-state index in [0.29, 0.717) is 26.4 Å². The number of nitrogens with zero attached hydrogens (tertiary/aromatic N) is 2. The molecule has 1 aromatic rings.